The van der Waals surface area contributed by atoms with E-state index in [-0.39, 0.29) is 5.78 Å². The first-order chi connectivity index (χ1) is 9.51. The van der Waals surface area contributed by atoms with Crippen molar-refractivity contribution in [3.05, 3.63) is 34.7 Å². The van der Waals surface area contributed by atoms with E-state index in [1.165, 1.54) is 16.9 Å². The van der Waals surface area contributed by atoms with Crippen LogP contribution in [-0.4, -0.2) is 10.8 Å². The lowest BCUT2D eigenvalue weighted by Gasteiger charge is -2.07. The number of nitrogens with one attached hydrogen (secondary N) is 1. The molecule has 0 aliphatic rings. The molecule has 3 N–H and O–H groups in total. The monoisotopic (exact) mass is 289 g/mol. The van der Waals surface area contributed by atoms with Crippen molar-refractivity contribution in [3.63, 3.8) is 0 Å². The molecule has 1 aromatic heterocycles. The maximum Gasteiger partial charge on any atom is 0.189 e. The summed E-state index contributed by atoms with van der Waals surface area (Å²) >= 11 is 1.30. The van der Waals surface area contributed by atoms with Gasteiger partial charge in [0.05, 0.1) is 0 Å². The Hall–Kier alpha value is -1.88. The second kappa shape index (κ2) is 6.05. The molecule has 0 spiro atoms. The number of benzene rings is 1. The normalized spacial score (nSPS) is 10.8. The molecule has 0 fully saturated rings. The molecule has 106 valence electrons. The van der Waals surface area contributed by atoms with Crippen LogP contribution < -0.4 is 11.1 Å². The minimum absolute atomic E-state index is 0.0307. The first-order valence-electron chi connectivity index (χ1n) is 6.67. The Morgan fingerprint density at radius 1 is 1.35 bits per heavy atom. The Balaban J connectivity index is 2.16. The quantitative estimate of drug-likeness (QED) is 0.810. The predicted molar refractivity (Wildman–Crippen MR) is 85.0 cm³/mol. The van der Waals surface area contributed by atoms with E-state index in [1.54, 1.807) is 0 Å². The van der Waals surface area contributed by atoms with Gasteiger partial charge in [-0.25, -0.2) is 4.98 Å². The minimum atomic E-state index is 0.0307. The summed E-state index contributed by atoms with van der Waals surface area (Å²) in [6.07, 6.45) is 0.439. The van der Waals surface area contributed by atoms with E-state index in [0.29, 0.717) is 28.2 Å². The molecular weight excluding hydrogens is 270 g/mol. The van der Waals surface area contributed by atoms with Gasteiger partial charge >= 0.3 is 0 Å². The average Bonchev–Trinajstić information content (AvgIpc) is 2.79. The van der Waals surface area contributed by atoms with Crippen molar-refractivity contribution in [1.82, 2.24) is 4.98 Å². The molecule has 0 radical (unpaired) electrons. The highest BCUT2D eigenvalue weighted by molar-refractivity contribution is 7.18. The fourth-order valence-electron chi connectivity index (χ4n) is 1.82. The van der Waals surface area contributed by atoms with Crippen LogP contribution in [0.25, 0.3) is 0 Å². The maximum absolute atomic E-state index is 11.7. The van der Waals surface area contributed by atoms with Crippen LogP contribution in [0.4, 0.5) is 16.6 Å². The molecule has 0 unspecified atom stereocenters. The van der Waals surface area contributed by atoms with Crippen molar-refractivity contribution in [1.29, 1.82) is 0 Å². The molecule has 5 heteroatoms. The van der Waals surface area contributed by atoms with Gasteiger partial charge in [0, 0.05) is 12.1 Å². The van der Waals surface area contributed by atoms with Crippen LogP contribution in [0.1, 0.15) is 48.3 Å². The van der Waals surface area contributed by atoms with Crippen LogP contribution in [0.3, 0.4) is 0 Å². The van der Waals surface area contributed by atoms with Gasteiger partial charge in [0.2, 0.25) is 0 Å². The number of hydrogen-bond donors (Lipinski definition) is 2. The number of nitrogens with two attached hydrogens (primary N) is 1. The first-order valence-corrected chi connectivity index (χ1v) is 7.49. The van der Waals surface area contributed by atoms with Gasteiger partial charge in [0.1, 0.15) is 10.7 Å². The summed E-state index contributed by atoms with van der Waals surface area (Å²) in [7, 11) is 0. The van der Waals surface area contributed by atoms with Gasteiger partial charge in [-0.3, -0.25) is 4.79 Å². The first kappa shape index (κ1) is 14.5. The van der Waals surface area contributed by atoms with Gasteiger partial charge < -0.3 is 11.1 Å². The summed E-state index contributed by atoms with van der Waals surface area (Å²) in [5.41, 5.74) is 8.01. The largest absolute Gasteiger partial charge is 0.382 e. The summed E-state index contributed by atoms with van der Waals surface area (Å²) in [4.78, 5) is 16.4. The third kappa shape index (κ3) is 3.17. The van der Waals surface area contributed by atoms with Crippen LogP contribution >= 0.6 is 11.3 Å². The molecule has 0 saturated heterocycles. The van der Waals surface area contributed by atoms with Crippen molar-refractivity contribution >= 4 is 33.8 Å². The number of carbonyl (C=O) groups excluding carboxylic acids is 1. The zero-order valence-electron chi connectivity index (χ0n) is 11.9. The number of thiazole rings is 1. The van der Waals surface area contributed by atoms with Gasteiger partial charge in [-0.15, -0.1) is 0 Å². The highest BCUT2D eigenvalue weighted by Crippen LogP contribution is 2.29. The molecule has 0 saturated carbocycles. The van der Waals surface area contributed by atoms with Gasteiger partial charge in [-0.2, -0.15) is 0 Å². The van der Waals surface area contributed by atoms with Crippen LogP contribution in [0, 0.1) is 0 Å². The molecule has 20 heavy (non-hydrogen) atoms. The topological polar surface area (TPSA) is 68.0 Å². The fourth-order valence-corrected chi connectivity index (χ4v) is 2.74. The van der Waals surface area contributed by atoms with Crippen LogP contribution in [0.15, 0.2) is 24.3 Å². The fraction of sp³-hybridized carbons (Fsp3) is 0.333. The van der Waals surface area contributed by atoms with E-state index in [4.69, 9.17) is 5.73 Å². The van der Waals surface area contributed by atoms with Crippen molar-refractivity contribution in [3.8, 4) is 0 Å². The Morgan fingerprint density at radius 2 is 2.00 bits per heavy atom. The van der Waals surface area contributed by atoms with Gasteiger partial charge in [-0.05, 0) is 23.6 Å². The standard InChI is InChI=1S/C15H19N3OS/c1-4-12(19)13-14(16)18-15(20-13)17-11-7-5-10(6-8-11)9(2)3/h5-9H,4,16H2,1-3H3,(H,17,18). The number of Topliss-reactive ketones (excluding diaryl/α,β-unsaturated/α-hetero) is 1. The zero-order valence-corrected chi connectivity index (χ0v) is 12.8. The predicted octanol–water partition coefficient (Wildman–Crippen LogP) is 4.19. The highest BCUT2D eigenvalue weighted by atomic mass is 32.1. The summed E-state index contributed by atoms with van der Waals surface area (Å²) in [6, 6.07) is 8.19. The molecule has 2 rings (SSSR count). The maximum atomic E-state index is 11.7. The number of carbonyl (C=O) groups is 1. The van der Waals surface area contributed by atoms with Crippen LogP contribution in [0.2, 0.25) is 0 Å². The molecule has 0 aliphatic heterocycles. The van der Waals surface area contributed by atoms with E-state index in [2.05, 4.69) is 36.3 Å². The Labute approximate surface area is 123 Å². The molecule has 0 amide bonds. The average molecular weight is 289 g/mol. The SMILES string of the molecule is CCC(=O)c1sc(Nc2ccc(C(C)C)cc2)nc1N. The molecule has 0 aliphatic carbocycles. The molecule has 0 atom stereocenters. The Kier molecular flexibility index (Phi) is 4.39. The third-order valence-corrected chi connectivity index (χ3v) is 4.08. The Bertz CT molecular complexity index is 602. The number of aromatic nitrogens is 1. The van der Waals surface area contributed by atoms with Crippen molar-refractivity contribution in [2.45, 2.75) is 33.1 Å². The van der Waals surface area contributed by atoms with Gasteiger partial charge in [0.25, 0.3) is 0 Å². The highest BCUT2D eigenvalue weighted by Gasteiger charge is 2.14. The molecule has 1 aromatic carbocycles. The number of anilines is 3. The second-order valence-electron chi connectivity index (χ2n) is 4.91. The molecule has 1 heterocycles. The summed E-state index contributed by atoms with van der Waals surface area (Å²) < 4.78 is 0. The summed E-state index contributed by atoms with van der Waals surface area (Å²) in [5.74, 6) is 0.847. The van der Waals surface area contributed by atoms with Crippen LogP contribution in [-0.2, 0) is 0 Å². The van der Waals surface area contributed by atoms with Gasteiger partial charge in [-0.1, -0.05) is 44.2 Å². The van der Waals surface area contributed by atoms with E-state index < -0.39 is 0 Å². The lowest BCUT2D eigenvalue weighted by Crippen LogP contribution is -1.98. The van der Waals surface area contributed by atoms with E-state index >= 15 is 0 Å². The molecule has 4 nitrogen and oxygen atoms in total. The van der Waals surface area contributed by atoms with Crippen molar-refractivity contribution in [2.24, 2.45) is 0 Å². The zero-order chi connectivity index (χ0) is 14.7. The molecular formula is C15H19N3OS. The lowest BCUT2D eigenvalue weighted by atomic mass is 10.0. The van der Waals surface area contributed by atoms with E-state index in [9.17, 15) is 4.79 Å². The number of rotatable bonds is 5. The van der Waals surface area contributed by atoms with E-state index in [0.717, 1.165) is 5.69 Å². The smallest absolute Gasteiger partial charge is 0.189 e. The van der Waals surface area contributed by atoms with E-state index in [1.807, 2.05) is 19.1 Å². The van der Waals surface area contributed by atoms with Crippen LogP contribution in [0.5, 0.6) is 0 Å². The number of nitrogens with zero attached hydrogens (tertiary/aromatic N) is 1. The third-order valence-electron chi connectivity index (χ3n) is 3.06. The number of ketones is 1. The minimum Gasteiger partial charge on any atom is -0.382 e. The van der Waals surface area contributed by atoms with Crippen molar-refractivity contribution < 1.29 is 4.79 Å². The summed E-state index contributed by atoms with van der Waals surface area (Å²) in [6.45, 7) is 6.14. The second-order valence-corrected chi connectivity index (χ2v) is 5.91. The lowest BCUT2D eigenvalue weighted by molar-refractivity contribution is 0.0992. The Morgan fingerprint density at radius 3 is 2.55 bits per heavy atom. The van der Waals surface area contributed by atoms with Gasteiger partial charge in [0.15, 0.2) is 10.9 Å². The molecule has 0 bridgehead atoms. The van der Waals surface area contributed by atoms with Crippen molar-refractivity contribution in [2.75, 3.05) is 11.1 Å². The number of hydrogen-bond acceptors (Lipinski definition) is 5. The number of nitrogen functional groups attached to an aromatic ring is 1. The summed E-state index contributed by atoms with van der Waals surface area (Å²) in [5, 5.41) is 3.84. The molecule has 2 aromatic rings.